The van der Waals surface area contributed by atoms with Gasteiger partial charge in [-0.3, -0.25) is 9.59 Å². The minimum absolute atomic E-state index is 0.106. The highest BCUT2D eigenvalue weighted by molar-refractivity contribution is 6.32. The van der Waals surface area contributed by atoms with Crippen molar-refractivity contribution in [3.63, 3.8) is 0 Å². The Hall–Kier alpha value is -2.53. The van der Waals surface area contributed by atoms with Gasteiger partial charge in [-0.05, 0) is 49.2 Å². The Bertz CT molecular complexity index is 805. The Kier molecular flexibility index (Phi) is 6.04. The number of halogens is 1. The van der Waals surface area contributed by atoms with Crippen LogP contribution in [0.5, 0.6) is 5.75 Å². The first kappa shape index (κ1) is 18.8. The first-order valence-corrected chi connectivity index (χ1v) is 8.19. The van der Waals surface area contributed by atoms with Gasteiger partial charge >= 0.3 is 0 Å². The van der Waals surface area contributed by atoms with Crippen LogP contribution in [0.1, 0.15) is 18.1 Å². The van der Waals surface area contributed by atoms with E-state index in [4.69, 9.17) is 16.3 Å². The van der Waals surface area contributed by atoms with Crippen molar-refractivity contribution in [3.05, 3.63) is 52.5 Å². The number of hydrogen-bond acceptors (Lipinski definition) is 3. The summed E-state index contributed by atoms with van der Waals surface area (Å²) < 4.78 is 5.11. The molecule has 0 aliphatic carbocycles. The van der Waals surface area contributed by atoms with Crippen LogP contribution in [-0.2, 0) is 9.59 Å². The lowest BCUT2D eigenvalue weighted by Crippen LogP contribution is -2.36. The van der Waals surface area contributed by atoms with E-state index in [0.717, 1.165) is 16.8 Å². The molecule has 0 unspecified atom stereocenters. The number of carbonyl (C=O) groups is 2. The van der Waals surface area contributed by atoms with Crippen molar-refractivity contribution in [2.24, 2.45) is 0 Å². The Balaban J connectivity index is 2.19. The number of nitrogens with zero attached hydrogens (tertiary/aromatic N) is 1. The summed E-state index contributed by atoms with van der Waals surface area (Å²) in [6.07, 6.45) is 0. The molecule has 132 valence electrons. The van der Waals surface area contributed by atoms with Crippen LogP contribution in [-0.4, -0.2) is 25.5 Å². The second-order valence-corrected chi connectivity index (χ2v) is 6.13. The molecule has 0 aliphatic heterocycles. The number of methoxy groups -OCH3 is 1. The van der Waals surface area contributed by atoms with Crippen molar-refractivity contribution in [1.29, 1.82) is 0 Å². The molecule has 25 heavy (non-hydrogen) atoms. The van der Waals surface area contributed by atoms with Crippen molar-refractivity contribution in [2.45, 2.75) is 20.8 Å². The molecule has 0 saturated heterocycles. The van der Waals surface area contributed by atoms with E-state index in [1.165, 1.54) is 18.9 Å². The first-order chi connectivity index (χ1) is 11.8. The van der Waals surface area contributed by atoms with E-state index in [1.54, 1.807) is 18.2 Å². The molecule has 2 aromatic rings. The summed E-state index contributed by atoms with van der Waals surface area (Å²) in [5, 5.41) is 3.23. The lowest BCUT2D eigenvalue weighted by Gasteiger charge is -2.22. The minimum Gasteiger partial charge on any atom is -0.495 e. The predicted octanol–water partition coefficient (Wildman–Crippen LogP) is 3.96. The van der Waals surface area contributed by atoms with Crippen LogP contribution >= 0.6 is 11.6 Å². The average Bonchev–Trinajstić information content (AvgIpc) is 2.56. The standard InChI is InChI=1S/C19H21ClN2O3/c1-12-6-5-7-17(13(12)2)21-19(24)11-22(14(3)23)15-8-9-18(25-4)16(20)10-15/h5-10H,11H2,1-4H3,(H,21,24). The summed E-state index contributed by atoms with van der Waals surface area (Å²) >= 11 is 6.12. The molecule has 2 aromatic carbocycles. The Morgan fingerprint density at radius 2 is 1.92 bits per heavy atom. The van der Waals surface area contributed by atoms with Gasteiger partial charge in [-0.1, -0.05) is 23.7 Å². The Morgan fingerprint density at radius 1 is 1.20 bits per heavy atom. The zero-order valence-corrected chi connectivity index (χ0v) is 15.5. The molecule has 0 atom stereocenters. The molecule has 0 spiro atoms. The van der Waals surface area contributed by atoms with Crippen LogP contribution in [0.15, 0.2) is 36.4 Å². The number of nitrogens with one attached hydrogen (secondary N) is 1. The number of rotatable bonds is 5. The fraction of sp³-hybridized carbons (Fsp3) is 0.263. The third-order valence-electron chi connectivity index (χ3n) is 4.01. The van der Waals surface area contributed by atoms with Crippen LogP contribution in [0.4, 0.5) is 11.4 Å². The van der Waals surface area contributed by atoms with Crippen molar-refractivity contribution >= 4 is 34.8 Å². The second kappa shape index (κ2) is 8.03. The van der Waals surface area contributed by atoms with E-state index < -0.39 is 0 Å². The number of amides is 2. The van der Waals surface area contributed by atoms with Gasteiger partial charge in [-0.15, -0.1) is 0 Å². The predicted molar refractivity (Wildman–Crippen MR) is 101 cm³/mol. The zero-order chi connectivity index (χ0) is 18.6. The molecule has 0 fully saturated rings. The molecule has 0 bridgehead atoms. The van der Waals surface area contributed by atoms with Gasteiger partial charge in [0.05, 0.1) is 12.1 Å². The van der Waals surface area contributed by atoms with Crippen molar-refractivity contribution in [2.75, 3.05) is 23.9 Å². The third-order valence-corrected chi connectivity index (χ3v) is 4.30. The van der Waals surface area contributed by atoms with Crippen LogP contribution in [0.25, 0.3) is 0 Å². The maximum Gasteiger partial charge on any atom is 0.244 e. The van der Waals surface area contributed by atoms with Gasteiger partial charge in [0.15, 0.2) is 0 Å². The largest absolute Gasteiger partial charge is 0.495 e. The molecule has 5 nitrogen and oxygen atoms in total. The molecule has 2 rings (SSSR count). The fourth-order valence-corrected chi connectivity index (χ4v) is 2.68. The van der Waals surface area contributed by atoms with E-state index >= 15 is 0 Å². The van der Waals surface area contributed by atoms with Gasteiger partial charge in [-0.25, -0.2) is 0 Å². The van der Waals surface area contributed by atoms with Gasteiger partial charge in [0.2, 0.25) is 11.8 Å². The molecular formula is C19H21ClN2O3. The number of benzene rings is 2. The summed E-state index contributed by atoms with van der Waals surface area (Å²) in [4.78, 5) is 25.8. The summed E-state index contributed by atoms with van der Waals surface area (Å²) in [5.41, 5.74) is 3.36. The molecule has 1 N–H and O–H groups in total. The van der Waals surface area contributed by atoms with E-state index in [2.05, 4.69) is 5.32 Å². The van der Waals surface area contributed by atoms with E-state index in [9.17, 15) is 9.59 Å². The van der Waals surface area contributed by atoms with Crippen molar-refractivity contribution in [3.8, 4) is 5.75 Å². The second-order valence-electron chi connectivity index (χ2n) is 5.72. The van der Waals surface area contributed by atoms with Gasteiger partial charge < -0.3 is 15.0 Å². The van der Waals surface area contributed by atoms with Crippen molar-refractivity contribution < 1.29 is 14.3 Å². The Morgan fingerprint density at radius 3 is 2.52 bits per heavy atom. The number of carbonyl (C=O) groups excluding carboxylic acids is 2. The summed E-state index contributed by atoms with van der Waals surface area (Å²) in [7, 11) is 1.52. The minimum atomic E-state index is -0.282. The molecule has 0 aromatic heterocycles. The molecular weight excluding hydrogens is 340 g/mol. The SMILES string of the molecule is COc1ccc(N(CC(=O)Nc2cccc(C)c2C)C(C)=O)cc1Cl. The third kappa shape index (κ3) is 4.51. The molecule has 0 aliphatic rings. The zero-order valence-electron chi connectivity index (χ0n) is 14.7. The van der Waals surface area contributed by atoms with Crippen LogP contribution in [0.2, 0.25) is 5.02 Å². The molecule has 6 heteroatoms. The Labute approximate surface area is 152 Å². The van der Waals surface area contributed by atoms with Crippen LogP contribution < -0.4 is 15.0 Å². The lowest BCUT2D eigenvalue weighted by atomic mass is 10.1. The topological polar surface area (TPSA) is 58.6 Å². The summed E-state index contributed by atoms with van der Waals surface area (Å²) in [6.45, 7) is 5.22. The normalized spacial score (nSPS) is 10.3. The summed E-state index contributed by atoms with van der Waals surface area (Å²) in [5.74, 6) is -0.0260. The van der Waals surface area contributed by atoms with Crippen molar-refractivity contribution in [1.82, 2.24) is 0 Å². The van der Waals surface area contributed by atoms with E-state index in [0.29, 0.717) is 16.5 Å². The maximum atomic E-state index is 12.4. The first-order valence-electron chi connectivity index (χ1n) is 7.81. The maximum absolute atomic E-state index is 12.4. The van der Waals surface area contributed by atoms with Gasteiger partial charge in [-0.2, -0.15) is 0 Å². The monoisotopic (exact) mass is 360 g/mol. The lowest BCUT2D eigenvalue weighted by molar-refractivity contribution is -0.120. The van der Waals surface area contributed by atoms with Gasteiger partial charge in [0, 0.05) is 18.3 Å². The smallest absolute Gasteiger partial charge is 0.244 e. The van der Waals surface area contributed by atoms with E-state index in [-0.39, 0.29) is 18.4 Å². The highest BCUT2D eigenvalue weighted by atomic mass is 35.5. The molecule has 2 amide bonds. The average molecular weight is 361 g/mol. The quantitative estimate of drug-likeness (QED) is 0.878. The van der Waals surface area contributed by atoms with Gasteiger partial charge in [0.25, 0.3) is 0 Å². The molecule has 0 radical (unpaired) electrons. The van der Waals surface area contributed by atoms with Crippen LogP contribution in [0, 0.1) is 13.8 Å². The van der Waals surface area contributed by atoms with E-state index in [1.807, 2.05) is 32.0 Å². The highest BCUT2D eigenvalue weighted by Gasteiger charge is 2.18. The molecule has 0 saturated carbocycles. The van der Waals surface area contributed by atoms with Gasteiger partial charge in [0.1, 0.15) is 12.3 Å². The summed E-state index contributed by atoms with van der Waals surface area (Å²) in [6, 6.07) is 10.7. The fourth-order valence-electron chi connectivity index (χ4n) is 2.43. The number of ether oxygens (including phenoxy) is 1. The molecule has 0 heterocycles. The van der Waals surface area contributed by atoms with Crippen LogP contribution in [0.3, 0.4) is 0 Å². The number of hydrogen-bond donors (Lipinski definition) is 1. The number of aryl methyl sites for hydroxylation is 1. The number of anilines is 2. The highest BCUT2D eigenvalue weighted by Crippen LogP contribution is 2.29.